The smallest absolute Gasteiger partial charge is 0.0923 e. The number of aliphatic hydroxyl groups excluding tert-OH is 1. The Kier molecular flexibility index (Phi) is 3.87. The lowest BCUT2D eigenvalue weighted by Crippen LogP contribution is -1.99. The van der Waals surface area contributed by atoms with E-state index < -0.39 is 6.10 Å². The molecule has 1 aromatic heterocycles. The van der Waals surface area contributed by atoms with Gasteiger partial charge in [0.15, 0.2) is 0 Å². The van der Waals surface area contributed by atoms with Gasteiger partial charge in [0.1, 0.15) is 0 Å². The molecule has 0 amide bonds. The first kappa shape index (κ1) is 11.9. The van der Waals surface area contributed by atoms with Gasteiger partial charge in [0.05, 0.1) is 11.1 Å². The van der Waals surface area contributed by atoms with Gasteiger partial charge in [-0.15, -0.1) is 11.3 Å². The Balaban J connectivity index is 2.13. The zero-order valence-electron chi connectivity index (χ0n) is 8.36. The summed E-state index contributed by atoms with van der Waals surface area (Å²) in [5.41, 5.74) is 0.946. The van der Waals surface area contributed by atoms with Crippen LogP contribution < -0.4 is 0 Å². The highest BCUT2D eigenvalue weighted by atomic mass is 35.5. The van der Waals surface area contributed by atoms with Gasteiger partial charge in [0.2, 0.25) is 0 Å². The van der Waals surface area contributed by atoms with Gasteiger partial charge in [-0.1, -0.05) is 41.4 Å². The molecular weight excluding hydrogens is 263 g/mol. The van der Waals surface area contributed by atoms with Crippen LogP contribution in [0.5, 0.6) is 0 Å². The van der Waals surface area contributed by atoms with Crippen LogP contribution in [0.15, 0.2) is 35.7 Å². The fourth-order valence-corrected chi connectivity index (χ4v) is 2.76. The normalized spacial score (nSPS) is 12.7. The molecule has 2 rings (SSSR count). The van der Waals surface area contributed by atoms with E-state index in [4.69, 9.17) is 23.2 Å². The molecule has 0 saturated heterocycles. The quantitative estimate of drug-likeness (QED) is 0.882. The predicted octanol–water partition coefficient (Wildman–Crippen LogP) is 4.33. The summed E-state index contributed by atoms with van der Waals surface area (Å²) in [6.45, 7) is 0. The fraction of sp³-hybridized carbons (Fsp3) is 0.167. The van der Waals surface area contributed by atoms with Crippen molar-refractivity contribution in [3.63, 3.8) is 0 Å². The number of rotatable bonds is 3. The summed E-state index contributed by atoms with van der Waals surface area (Å²) in [5, 5.41) is 13.2. The Morgan fingerprint density at radius 2 is 2.00 bits per heavy atom. The minimum Gasteiger partial charge on any atom is -0.387 e. The first-order chi connectivity index (χ1) is 7.66. The molecular formula is C12H10Cl2OS. The lowest BCUT2D eigenvalue weighted by molar-refractivity contribution is 0.182. The number of hydrogen-bond acceptors (Lipinski definition) is 2. The van der Waals surface area contributed by atoms with Crippen LogP contribution in [0.2, 0.25) is 10.0 Å². The second kappa shape index (κ2) is 5.19. The third-order valence-electron chi connectivity index (χ3n) is 2.29. The zero-order valence-corrected chi connectivity index (χ0v) is 10.7. The summed E-state index contributed by atoms with van der Waals surface area (Å²) >= 11 is 13.3. The molecule has 0 aliphatic carbocycles. The zero-order chi connectivity index (χ0) is 11.5. The van der Waals surface area contributed by atoms with Crippen LogP contribution in [0, 0.1) is 0 Å². The predicted molar refractivity (Wildman–Crippen MR) is 69.4 cm³/mol. The second-order valence-electron chi connectivity index (χ2n) is 3.48. The maximum Gasteiger partial charge on any atom is 0.0923 e. The highest BCUT2D eigenvalue weighted by Crippen LogP contribution is 2.29. The molecule has 0 radical (unpaired) electrons. The molecule has 0 bridgehead atoms. The van der Waals surface area contributed by atoms with Crippen molar-refractivity contribution < 1.29 is 5.11 Å². The van der Waals surface area contributed by atoms with Crippen LogP contribution in [0.1, 0.15) is 16.5 Å². The lowest BCUT2D eigenvalue weighted by atomic mass is 10.1. The number of thiophene rings is 1. The van der Waals surface area contributed by atoms with Crippen molar-refractivity contribution in [2.24, 2.45) is 0 Å². The van der Waals surface area contributed by atoms with E-state index in [1.807, 2.05) is 29.6 Å². The summed E-state index contributed by atoms with van der Waals surface area (Å²) in [6.07, 6.45) is -0.0336. The van der Waals surface area contributed by atoms with E-state index in [0.29, 0.717) is 16.5 Å². The van der Waals surface area contributed by atoms with Crippen molar-refractivity contribution in [2.45, 2.75) is 12.5 Å². The molecule has 0 aliphatic heterocycles. The minimum atomic E-state index is -0.544. The minimum absolute atomic E-state index is 0.510. The summed E-state index contributed by atoms with van der Waals surface area (Å²) in [7, 11) is 0. The molecule has 1 atom stereocenters. The van der Waals surface area contributed by atoms with Gasteiger partial charge in [0, 0.05) is 21.7 Å². The van der Waals surface area contributed by atoms with E-state index in [9.17, 15) is 5.11 Å². The summed E-state index contributed by atoms with van der Waals surface area (Å²) in [5.74, 6) is 0. The van der Waals surface area contributed by atoms with Crippen LogP contribution in [-0.4, -0.2) is 5.11 Å². The van der Waals surface area contributed by atoms with Gasteiger partial charge in [-0.25, -0.2) is 0 Å². The summed E-state index contributed by atoms with van der Waals surface area (Å²) in [4.78, 5) is 0.866. The molecule has 0 spiro atoms. The Bertz CT molecular complexity index is 481. The van der Waals surface area contributed by atoms with E-state index in [1.165, 1.54) is 11.3 Å². The molecule has 1 heterocycles. The third kappa shape index (κ3) is 2.77. The van der Waals surface area contributed by atoms with E-state index >= 15 is 0 Å². The van der Waals surface area contributed by atoms with Crippen LogP contribution in [0.4, 0.5) is 0 Å². The third-order valence-corrected chi connectivity index (χ3v) is 4.04. The van der Waals surface area contributed by atoms with Crippen molar-refractivity contribution in [3.8, 4) is 0 Å². The van der Waals surface area contributed by atoms with E-state index in [2.05, 4.69) is 0 Å². The van der Waals surface area contributed by atoms with Gasteiger partial charge >= 0.3 is 0 Å². The molecule has 16 heavy (non-hydrogen) atoms. The first-order valence-corrected chi connectivity index (χ1v) is 6.46. The number of halogens is 2. The van der Waals surface area contributed by atoms with Crippen molar-refractivity contribution in [3.05, 3.63) is 56.2 Å². The molecule has 2 aromatic rings. The van der Waals surface area contributed by atoms with Gasteiger partial charge in [-0.3, -0.25) is 0 Å². The SMILES string of the molecule is OC(Cc1ccccc1Cl)c1cc(Cl)cs1. The van der Waals surface area contributed by atoms with E-state index in [-0.39, 0.29) is 0 Å². The molecule has 1 N–H and O–H groups in total. The molecule has 0 aliphatic rings. The van der Waals surface area contributed by atoms with Crippen molar-refractivity contribution in [1.29, 1.82) is 0 Å². The van der Waals surface area contributed by atoms with E-state index in [1.54, 1.807) is 6.07 Å². The largest absolute Gasteiger partial charge is 0.387 e. The van der Waals surface area contributed by atoms with Gasteiger partial charge < -0.3 is 5.11 Å². The van der Waals surface area contributed by atoms with E-state index in [0.717, 1.165) is 10.4 Å². The fourth-order valence-electron chi connectivity index (χ4n) is 1.48. The van der Waals surface area contributed by atoms with Gasteiger partial charge in [-0.2, -0.15) is 0 Å². The van der Waals surface area contributed by atoms with Crippen LogP contribution in [-0.2, 0) is 6.42 Å². The molecule has 4 heteroatoms. The first-order valence-electron chi connectivity index (χ1n) is 4.82. The second-order valence-corrected chi connectivity index (χ2v) is 5.27. The molecule has 0 fully saturated rings. The van der Waals surface area contributed by atoms with Gasteiger partial charge in [0.25, 0.3) is 0 Å². The standard InChI is InChI=1S/C12H10Cl2OS/c13-9-6-12(16-7-9)11(15)5-8-3-1-2-4-10(8)14/h1-4,6-7,11,15H,5H2. The molecule has 1 aromatic carbocycles. The topological polar surface area (TPSA) is 20.2 Å². The summed E-state index contributed by atoms with van der Waals surface area (Å²) < 4.78 is 0. The molecule has 1 unspecified atom stereocenters. The lowest BCUT2D eigenvalue weighted by Gasteiger charge is -2.09. The highest BCUT2D eigenvalue weighted by molar-refractivity contribution is 7.10. The Hall–Kier alpha value is -0.540. The van der Waals surface area contributed by atoms with Gasteiger partial charge in [-0.05, 0) is 17.7 Å². The van der Waals surface area contributed by atoms with Crippen molar-refractivity contribution >= 4 is 34.5 Å². The molecule has 1 nitrogen and oxygen atoms in total. The number of hydrogen-bond donors (Lipinski definition) is 1. The summed E-state index contributed by atoms with van der Waals surface area (Å²) in [6, 6.07) is 9.31. The molecule has 0 saturated carbocycles. The maximum atomic E-state index is 10.0. The van der Waals surface area contributed by atoms with Crippen molar-refractivity contribution in [1.82, 2.24) is 0 Å². The number of aliphatic hydroxyl groups is 1. The Morgan fingerprint density at radius 3 is 2.62 bits per heavy atom. The maximum absolute atomic E-state index is 10.0. The average Bonchev–Trinajstić information content (AvgIpc) is 2.68. The monoisotopic (exact) mass is 272 g/mol. The number of benzene rings is 1. The Labute approximate surface area is 108 Å². The molecule has 84 valence electrons. The van der Waals surface area contributed by atoms with Crippen molar-refractivity contribution in [2.75, 3.05) is 0 Å². The van der Waals surface area contributed by atoms with Crippen LogP contribution in [0.3, 0.4) is 0 Å². The van der Waals surface area contributed by atoms with Crippen LogP contribution in [0.25, 0.3) is 0 Å². The highest BCUT2D eigenvalue weighted by Gasteiger charge is 2.12. The van der Waals surface area contributed by atoms with Crippen LogP contribution >= 0.6 is 34.5 Å². The average molecular weight is 273 g/mol. The Morgan fingerprint density at radius 1 is 1.25 bits per heavy atom.